The zero-order valence-electron chi connectivity index (χ0n) is 12.1. The standard InChI is InChI=1S/C14H16O2P2S4/c1-15-11-3-7-13(8-4-11)17(19)21-18(20,22-17)14-9-5-12(16-2)6-10-14/h3-10,17,19H,1-2H3. The van der Waals surface area contributed by atoms with Crippen molar-refractivity contribution in [2.45, 2.75) is 0 Å². The Hall–Kier alpha value is 0.170. The Morgan fingerprint density at radius 1 is 0.909 bits per heavy atom. The minimum absolute atomic E-state index is 0.866. The number of thiol groups is 1. The van der Waals surface area contributed by atoms with Gasteiger partial charge in [0, 0.05) is 0 Å². The van der Waals surface area contributed by atoms with Crippen LogP contribution in [0.1, 0.15) is 0 Å². The van der Waals surface area contributed by atoms with E-state index in [9.17, 15) is 0 Å². The van der Waals surface area contributed by atoms with Crippen LogP contribution >= 0.6 is 43.6 Å². The van der Waals surface area contributed by atoms with E-state index in [0.717, 1.165) is 11.5 Å². The summed E-state index contributed by atoms with van der Waals surface area (Å²) in [6, 6.07) is 16.4. The van der Waals surface area contributed by atoms with E-state index in [2.05, 4.69) is 24.3 Å². The van der Waals surface area contributed by atoms with Crippen molar-refractivity contribution in [1.82, 2.24) is 0 Å². The fourth-order valence-electron chi connectivity index (χ4n) is 2.11. The molecular formula is C14H16O2P2S4. The molecule has 2 aromatic rings. The van der Waals surface area contributed by atoms with Crippen molar-refractivity contribution in [2.24, 2.45) is 0 Å². The molecule has 22 heavy (non-hydrogen) atoms. The van der Waals surface area contributed by atoms with Gasteiger partial charge in [-0.2, -0.15) is 0 Å². The molecular weight excluding hydrogens is 390 g/mol. The Kier molecular flexibility index (Phi) is 5.09. The van der Waals surface area contributed by atoms with Crippen molar-refractivity contribution < 1.29 is 9.47 Å². The molecule has 0 aromatic heterocycles. The molecule has 0 unspecified atom stereocenters. The van der Waals surface area contributed by atoms with Gasteiger partial charge in [0.25, 0.3) is 0 Å². The molecule has 1 aliphatic rings. The number of hydrogen-bond donors (Lipinski definition) is 1. The number of benzene rings is 2. The van der Waals surface area contributed by atoms with Crippen LogP contribution in [-0.2, 0) is 11.8 Å². The molecule has 2 nitrogen and oxygen atoms in total. The van der Waals surface area contributed by atoms with Crippen LogP contribution in [0.4, 0.5) is 0 Å². The van der Waals surface area contributed by atoms with Crippen molar-refractivity contribution in [3.63, 3.8) is 0 Å². The van der Waals surface area contributed by atoms with Crippen molar-refractivity contribution >= 4 is 66.0 Å². The van der Waals surface area contributed by atoms with E-state index < -0.39 is 9.31 Å². The molecule has 0 amide bonds. The average molecular weight is 406 g/mol. The monoisotopic (exact) mass is 406 g/mol. The molecule has 0 N–H and O–H groups in total. The topological polar surface area (TPSA) is 18.5 Å². The summed E-state index contributed by atoms with van der Waals surface area (Å²) in [5, 5.41) is 2.53. The van der Waals surface area contributed by atoms with Crippen LogP contribution in [-0.4, -0.2) is 14.2 Å². The minimum atomic E-state index is -1.86. The molecule has 118 valence electrons. The van der Waals surface area contributed by atoms with Gasteiger partial charge in [-0.3, -0.25) is 0 Å². The first-order valence-corrected chi connectivity index (χ1v) is 16.9. The van der Waals surface area contributed by atoms with Gasteiger partial charge in [-0.25, -0.2) is 0 Å². The van der Waals surface area contributed by atoms with E-state index in [1.807, 2.05) is 46.3 Å². The fraction of sp³-hybridized carbons (Fsp3) is 0.143. The van der Waals surface area contributed by atoms with Gasteiger partial charge in [0.15, 0.2) is 0 Å². The fourth-order valence-corrected chi connectivity index (χ4v) is 50.9. The van der Waals surface area contributed by atoms with Crippen LogP contribution in [0.25, 0.3) is 0 Å². The first-order valence-electron chi connectivity index (χ1n) is 6.52. The third kappa shape index (κ3) is 3.19. The third-order valence-electron chi connectivity index (χ3n) is 3.33. The summed E-state index contributed by atoms with van der Waals surface area (Å²) in [5.74, 6) is 1.74. The second-order valence-electron chi connectivity index (χ2n) is 4.69. The zero-order valence-corrected chi connectivity index (χ0v) is 17.3. The van der Waals surface area contributed by atoms with Gasteiger partial charge < -0.3 is 0 Å². The van der Waals surface area contributed by atoms with Gasteiger partial charge >= 0.3 is 150 Å². The van der Waals surface area contributed by atoms with Crippen molar-refractivity contribution in [3.05, 3.63) is 48.5 Å². The van der Waals surface area contributed by atoms with Gasteiger partial charge in [-0.1, -0.05) is 0 Å². The average Bonchev–Trinajstić information content (AvgIpc) is 2.53. The SMILES string of the molecule is COc1ccc(P2(=S)S[PH](S)(c3ccc(OC)cc3)S2)cc1. The van der Waals surface area contributed by atoms with Crippen LogP contribution < -0.4 is 20.1 Å². The Labute approximate surface area is 149 Å². The molecule has 1 saturated heterocycles. The summed E-state index contributed by atoms with van der Waals surface area (Å²) in [6.45, 7) is 0. The number of rotatable bonds is 4. The van der Waals surface area contributed by atoms with E-state index in [1.165, 1.54) is 10.6 Å². The van der Waals surface area contributed by atoms with E-state index >= 15 is 0 Å². The Bertz CT molecular complexity index is 709. The van der Waals surface area contributed by atoms with Crippen LogP contribution in [0.5, 0.6) is 11.5 Å². The van der Waals surface area contributed by atoms with Gasteiger partial charge in [-0.15, -0.1) is 0 Å². The first kappa shape index (κ1) is 17.0. The molecule has 1 fully saturated rings. The Morgan fingerprint density at radius 3 is 1.82 bits per heavy atom. The number of methoxy groups -OCH3 is 2. The molecule has 1 heterocycles. The third-order valence-corrected chi connectivity index (χ3v) is 38.6. The van der Waals surface area contributed by atoms with E-state index in [-0.39, 0.29) is 0 Å². The van der Waals surface area contributed by atoms with Gasteiger partial charge in [0.2, 0.25) is 0 Å². The summed E-state index contributed by atoms with van der Waals surface area (Å²) >= 11 is 14.8. The Balaban J connectivity index is 1.79. The van der Waals surface area contributed by atoms with Crippen molar-refractivity contribution in [2.75, 3.05) is 14.2 Å². The molecule has 0 bridgehead atoms. The normalized spacial score (nSPS) is 24.1. The molecule has 0 saturated carbocycles. The second-order valence-corrected chi connectivity index (χ2v) is 28.0. The quantitative estimate of drug-likeness (QED) is 0.575. The molecule has 3 rings (SSSR count). The van der Waals surface area contributed by atoms with Crippen LogP contribution in [0.15, 0.2) is 48.5 Å². The Morgan fingerprint density at radius 2 is 1.36 bits per heavy atom. The predicted octanol–water partition coefficient (Wildman–Crippen LogP) is 4.87. The molecule has 8 heteroatoms. The molecule has 1 aliphatic heterocycles. The summed E-state index contributed by atoms with van der Waals surface area (Å²) in [7, 11) is 3.36. The van der Waals surface area contributed by atoms with Crippen LogP contribution in [0.3, 0.4) is 0 Å². The van der Waals surface area contributed by atoms with Gasteiger partial charge in [0.1, 0.15) is 0 Å². The second kappa shape index (κ2) is 6.58. The van der Waals surface area contributed by atoms with E-state index in [0.29, 0.717) is 0 Å². The maximum atomic E-state index is 5.93. The number of hydrogen-bond acceptors (Lipinski definition) is 6. The van der Waals surface area contributed by atoms with Gasteiger partial charge in [-0.05, 0) is 0 Å². The summed E-state index contributed by atoms with van der Waals surface area (Å²) in [6.07, 6.45) is 0. The number of ether oxygens (including phenoxy) is 2. The molecule has 0 atom stereocenters. The molecule has 0 radical (unpaired) electrons. The molecule has 0 spiro atoms. The van der Waals surface area contributed by atoms with Crippen molar-refractivity contribution in [3.8, 4) is 11.5 Å². The van der Waals surface area contributed by atoms with Crippen LogP contribution in [0, 0.1) is 0 Å². The zero-order chi connectivity index (χ0) is 15.8. The van der Waals surface area contributed by atoms with E-state index in [1.54, 1.807) is 14.2 Å². The van der Waals surface area contributed by atoms with E-state index in [4.69, 9.17) is 33.5 Å². The predicted molar refractivity (Wildman–Crippen MR) is 112 cm³/mol. The van der Waals surface area contributed by atoms with Crippen molar-refractivity contribution in [1.29, 1.82) is 0 Å². The summed E-state index contributed by atoms with van der Waals surface area (Å²) < 4.78 is 8.81. The summed E-state index contributed by atoms with van der Waals surface area (Å²) in [5.41, 5.74) is 0. The summed E-state index contributed by atoms with van der Waals surface area (Å²) in [4.78, 5) is -1.86. The first-order chi connectivity index (χ1) is 10.5. The van der Waals surface area contributed by atoms with Crippen LogP contribution in [0.2, 0.25) is 0 Å². The molecule has 0 aliphatic carbocycles. The maximum absolute atomic E-state index is 5.93. The molecule has 2 aromatic carbocycles. The van der Waals surface area contributed by atoms with Gasteiger partial charge in [0.05, 0.1) is 0 Å².